The molecule has 1 unspecified atom stereocenters. The topological polar surface area (TPSA) is 39.7 Å². The number of hydrogen-bond acceptors (Lipinski definition) is 4. The Hall–Kier alpha value is -1.94. The van der Waals surface area contributed by atoms with Crippen LogP contribution >= 0.6 is 0 Å². The third-order valence-corrected chi connectivity index (χ3v) is 3.15. The second-order valence-corrected chi connectivity index (χ2v) is 5.57. The number of hydroxylamine groups is 1. The van der Waals surface area contributed by atoms with Crippen molar-refractivity contribution in [3.05, 3.63) is 47.7 Å². The molecule has 23 heavy (non-hydrogen) atoms. The number of hydrogen-bond donors (Lipinski definition) is 1. The van der Waals surface area contributed by atoms with E-state index in [1.165, 1.54) is 5.57 Å². The Bertz CT molecular complexity index is 502. The highest BCUT2D eigenvalue weighted by molar-refractivity contribution is 5.31. The van der Waals surface area contributed by atoms with Crippen molar-refractivity contribution in [1.29, 1.82) is 0 Å². The minimum atomic E-state index is -0.0464. The molecule has 0 heterocycles. The van der Waals surface area contributed by atoms with Gasteiger partial charge in [0.1, 0.15) is 30.8 Å². The Balaban J connectivity index is 2.35. The van der Waals surface area contributed by atoms with Gasteiger partial charge in [0.25, 0.3) is 0 Å². The van der Waals surface area contributed by atoms with Crippen molar-refractivity contribution >= 4 is 0 Å². The van der Waals surface area contributed by atoms with Gasteiger partial charge in [-0.3, -0.25) is 10.3 Å². The number of benzene rings is 1. The first-order valence-corrected chi connectivity index (χ1v) is 8.11. The molecule has 0 aliphatic heterocycles. The molecule has 0 amide bonds. The van der Waals surface area contributed by atoms with Gasteiger partial charge >= 0.3 is 0 Å². The second kappa shape index (κ2) is 10.7. The van der Waals surface area contributed by atoms with Crippen molar-refractivity contribution in [1.82, 2.24) is 5.48 Å². The zero-order valence-electron chi connectivity index (χ0n) is 14.9. The maximum absolute atomic E-state index is 5.81. The zero-order valence-corrected chi connectivity index (χ0v) is 14.9. The first kappa shape index (κ1) is 19.1. The Morgan fingerprint density at radius 1 is 1.17 bits per heavy atom. The highest BCUT2D eigenvalue weighted by atomic mass is 16.7. The van der Waals surface area contributed by atoms with Crippen molar-refractivity contribution in [3.63, 3.8) is 0 Å². The summed E-state index contributed by atoms with van der Waals surface area (Å²) < 4.78 is 11.4. The van der Waals surface area contributed by atoms with E-state index in [1.807, 2.05) is 50.3 Å². The molecule has 0 spiro atoms. The monoisotopic (exact) mass is 319 g/mol. The summed E-state index contributed by atoms with van der Waals surface area (Å²) in [6, 6.07) is 7.64. The van der Waals surface area contributed by atoms with Crippen LogP contribution in [0.3, 0.4) is 0 Å². The number of nitrogens with one attached hydrogen (secondary N) is 1. The highest BCUT2D eigenvalue weighted by Gasteiger charge is 2.05. The van der Waals surface area contributed by atoms with E-state index in [4.69, 9.17) is 14.3 Å². The van der Waals surface area contributed by atoms with Crippen LogP contribution in [0.2, 0.25) is 0 Å². The van der Waals surface area contributed by atoms with Crippen LogP contribution in [0.15, 0.2) is 47.7 Å². The summed E-state index contributed by atoms with van der Waals surface area (Å²) in [5.41, 5.74) is 5.24. The lowest BCUT2D eigenvalue weighted by molar-refractivity contribution is 0.00912. The van der Waals surface area contributed by atoms with Crippen LogP contribution < -0.4 is 15.0 Å². The zero-order chi connectivity index (χ0) is 17.1. The molecular formula is C19H29NO3. The average molecular weight is 319 g/mol. The van der Waals surface area contributed by atoms with Gasteiger partial charge in [-0.05, 0) is 64.5 Å². The van der Waals surface area contributed by atoms with E-state index < -0.39 is 0 Å². The Labute approximate surface area is 140 Å². The molecule has 0 fully saturated rings. The van der Waals surface area contributed by atoms with Crippen LogP contribution in [0.4, 0.5) is 0 Å². The molecule has 1 atom stereocenters. The first-order valence-electron chi connectivity index (χ1n) is 8.11. The van der Waals surface area contributed by atoms with Crippen LogP contribution in [-0.4, -0.2) is 19.3 Å². The van der Waals surface area contributed by atoms with E-state index in [1.54, 1.807) is 0 Å². The van der Waals surface area contributed by atoms with Gasteiger partial charge in [0.15, 0.2) is 0 Å². The summed E-state index contributed by atoms with van der Waals surface area (Å²) in [4.78, 5) is 5.44. The van der Waals surface area contributed by atoms with Gasteiger partial charge in [-0.2, -0.15) is 0 Å². The molecule has 1 aromatic rings. The van der Waals surface area contributed by atoms with E-state index in [-0.39, 0.29) is 6.10 Å². The minimum absolute atomic E-state index is 0.0464. The standard InChI is InChI=1S/C19H29NO3/c1-6-17(7-2)20-22-14-16(5)23-19-10-8-18(9-11-19)21-13-12-15(3)4/h6,8-12,16,20H,7,13-14H2,1-5H3. The summed E-state index contributed by atoms with van der Waals surface area (Å²) in [5, 5.41) is 0. The summed E-state index contributed by atoms with van der Waals surface area (Å²) in [5.74, 6) is 1.64. The third-order valence-electron chi connectivity index (χ3n) is 3.15. The van der Waals surface area contributed by atoms with Crippen molar-refractivity contribution < 1.29 is 14.3 Å². The molecular weight excluding hydrogens is 290 g/mol. The molecule has 1 rings (SSSR count). The Morgan fingerprint density at radius 3 is 2.39 bits per heavy atom. The normalized spacial score (nSPS) is 12.5. The lowest BCUT2D eigenvalue weighted by atomic mass is 10.3. The first-order chi connectivity index (χ1) is 11.0. The van der Waals surface area contributed by atoms with E-state index in [9.17, 15) is 0 Å². The van der Waals surface area contributed by atoms with Crippen molar-refractivity contribution in [2.45, 2.75) is 47.1 Å². The van der Waals surface area contributed by atoms with E-state index in [2.05, 4.69) is 26.3 Å². The van der Waals surface area contributed by atoms with Crippen LogP contribution in [0, 0.1) is 0 Å². The van der Waals surface area contributed by atoms with Gasteiger partial charge in [0.05, 0.1) is 0 Å². The Morgan fingerprint density at radius 2 is 1.83 bits per heavy atom. The van der Waals surface area contributed by atoms with Crippen LogP contribution in [0.5, 0.6) is 11.5 Å². The van der Waals surface area contributed by atoms with Crippen LogP contribution in [0.1, 0.15) is 41.0 Å². The maximum atomic E-state index is 5.81. The molecule has 4 nitrogen and oxygen atoms in total. The molecule has 128 valence electrons. The number of ether oxygens (including phenoxy) is 2. The van der Waals surface area contributed by atoms with E-state index in [0.717, 1.165) is 23.6 Å². The fourth-order valence-electron chi connectivity index (χ4n) is 1.77. The molecule has 0 saturated heterocycles. The fraction of sp³-hybridized carbons (Fsp3) is 0.474. The van der Waals surface area contributed by atoms with Gasteiger partial charge in [0.2, 0.25) is 0 Å². The summed E-state index contributed by atoms with van der Waals surface area (Å²) in [7, 11) is 0. The van der Waals surface area contributed by atoms with Gasteiger partial charge in [-0.25, -0.2) is 0 Å². The average Bonchev–Trinajstić information content (AvgIpc) is 2.53. The summed E-state index contributed by atoms with van der Waals surface area (Å²) in [6.45, 7) is 11.2. The lowest BCUT2D eigenvalue weighted by Crippen LogP contribution is -2.24. The highest BCUT2D eigenvalue weighted by Crippen LogP contribution is 2.18. The molecule has 0 bridgehead atoms. The number of rotatable bonds is 10. The van der Waals surface area contributed by atoms with E-state index >= 15 is 0 Å². The van der Waals surface area contributed by atoms with Crippen molar-refractivity contribution in [2.75, 3.05) is 13.2 Å². The molecule has 0 aliphatic rings. The second-order valence-electron chi connectivity index (χ2n) is 5.57. The van der Waals surface area contributed by atoms with Gasteiger partial charge in [0, 0.05) is 5.70 Å². The minimum Gasteiger partial charge on any atom is -0.490 e. The lowest BCUT2D eigenvalue weighted by Gasteiger charge is -2.16. The largest absolute Gasteiger partial charge is 0.490 e. The Kier molecular flexibility index (Phi) is 8.91. The molecule has 4 heteroatoms. The summed E-state index contributed by atoms with van der Waals surface area (Å²) in [6.07, 6.45) is 4.92. The number of allylic oxidation sites excluding steroid dienone is 3. The fourth-order valence-corrected chi connectivity index (χ4v) is 1.77. The molecule has 1 N–H and O–H groups in total. The maximum Gasteiger partial charge on any atom is 0.122 e. The molecule has 0 saturated carbocycles. The van der Waals surface area contributed by atoms with Crippen LogP contribution in [0.25, 0.3) is 0 Å². The van der Waals surface area contributed by atoms with Crippen molar-refractivity contribution in [2.24, 2.45) is 0 Å². The molecule has 0 aliphatic carbocycles. The van der Waals surface area contributed by atoms with E-state index in [0.29, 0.717) is 13.2 Å². The predicted octanol–water partition coefficient (Wildman–Crippen LogP) is 4.63. The predicted molar refractivity (Wildman–Crippen MR) is 94.6 cm³/mol. The molecule has 0 aromatic heterocycles. The van der Waals surface area contributed by atoms with Gasteiger partial charge < -0.3 is 9.47 Å². The smallest absolute Gasteiger partial charge is 0.122 e. The van der Waals surface area contributed by atoms with Gasteiger partial charge in [-0.15, -0.1) is 0 Å². The SMILES string of the molecule is CC=C(CC)NOCC(C)Oc1ccc(OCC=C(C)C)cc1. The molecule has 0 radical (unpaired) electrons. The quantitative estimate of drug-likeness (QED) is 0.504. The van der Waals surface area contributed by atoms with Crippen molar-refractivity contribution in [3.8, 4) is 11.5 Å². The third kappa shape index (κ3) is 8.31. The molecule has 1 aromatic carbocycles. The van der Waals surface area contributed by atoms with Gasteiger partial charge in [-0.1, -0.05) is 18.6 Å². The summed E-state index contributed by atoms with van der Waals surface area (Å²) >= 11 is 0. The van der Waals surface area contributed by atoms with Crippen LogP contribution in [-0.2, 0) is 4.84 Å².